The molecule has 0 aliphatic carbocycles. The maximum Gasteiger partial charge on any atom is 0.110 e. The van der Waals surface area contributed by atoms with Gasteiger partial charge in [0.25, 0.3) is 0 Å². The van der Waals surface area contributed by atoms with Gasteiger partial charge < -0.3 is 10.6 Å². The van der Waals surface area contributed by atoms with Crippen molar-refractivity contribution in [1.29, 1.82) is 0 Å². The van der Waals surface area contributed by atoms with Crippen LogP contribution in [0.2, 0.25) is 0 Å². The molecule has 1 atom stereocenters. The zero-order chi connectivity index (χ0) is 10.2. The molecule has 0 fully saturated rings. The number of thiocarbonyl (C=S) groups is 1. The predicted octanol–water partition coefficient (Wildman–Crippen LogP) is 2.50. The number of rotatable bonds is 1. The maximum atomic E-state index is 5.32. The summed E-state index contributed by atoms with van der Waals surface area (Å²) in [5, 5.41) is 6.77. The van der Waals surface area contributed by atoms with Crippen LogP contribution in [0.4, 0.5) is 5.69 Å². The van der Waals surface area contributed by atoms with Crippen molar-refractivity contribution in [1.82, 2.24) is 5.32 Å². The predicted molar refractivity (Wildman–Crippen MR) is 63.6 cm³/mol. The third kappa shape index (κ3) is 1.48. The van der Waals surface area contributed by atoms with Crippen LogP contribution >= 0.6 is 12.2 Å². The lowest BCUT2D eigenvalue weighted by Gasteiger charge is -2.38. The number of nitrogens with one attached hydrogen (secondary N) is 2. The van der Waals surface area contributed by atoms with E-state index in [-0.39, 0.29) is 5.66 Å². The van der Waals surface area contributed by atoms with E-state index in [2.05, 4.69) is 30.5 Å². The Morgan fingerprint density at radius 1 is 1.29 bits per heavy atom. The van der Waals surface area contributed by atoms with E-state index < -0.39 is 0 Å². The van der Waals surface area contributed by atoms with Crippen molar-refractivity contribution >= 4 is 22.9 Å². The van der Waals surface area contributed by atoms with Gasteiger partial charge in [0, 0.05) is 11.3 Å². The van der Waals surface area contributed by atoms with Crippen molar-refractivity contribution < 1.29 is 0 Å². The van der Waals surface area contributed by atoms with E-state index in [4.69, 9.17) is 12.2 Å². The average Bonchev–Trinajstić information content (AvgIpc) is 2.18. The van der Waals surface area contributed by atoms with Gasteiger partial charge in [0.1, 0.15) is 10.7 Å². The molecule has 0 saturated carbocycles. The highest BCUT2D eigenvalue weighted by Crippen LogP contribution is 2.26. The normalized spacial score (nSPS) is 24.9. The first-order valence-corrected chi connectivity index (χ1v) is 5.25. The minimum absolute atomic E-state index is 0.106. The number of fused-ring (bicyclic) bond motifs is 1. The van der Waals surface area contributed by atoms with Crippen molar-refractivity contribution in [3.63, 3.8) is 0 Å². The van der Waals surface area contributed by atoms with Crippen LogP contribution in [0.5, 0.6) is 0 Å². The summed E-state index contributed by atoms with van der Waals surface area (Å²) in [5.74, 6) is 0. The van der Waals surface area contributed by atoms with E-state index in [1.54, 1.807) is 0 Å². The van der Waals surface area contributed by atoms with Crippen LogP contribution in [-0.4, -0.2) is 10.7 Å². The molecule has 2 nitrogen and oxygen atoms in total. The Labute approximate surface area is 89.7 Å². The van der Waals surface area contributed by atoms with Gasteiger partial charge in [0.15, 0.2) is 0 Å². The summed E-state index contributed by atoms with van der Waals surface area (Å²) in [7, 11) is 0. The minimum atomic E-state index is -0.106. The van der Waals surface area contributed by atoms with E-state index in [1.165, 1.54) is 0 Å². The highest BCUT2D eigenvalue weighted by atomic mass is 32.1. The van der Waals surface area contributed by atoms with Crippen molar-refractivity contribution in [2.75, 3.05) is 5.32 Å². The lowest BCUT2D eigenvalue weighted by Crippen LogP contribution is -2.54. The SMILES string of the molecule is CCC1(C)NC(=S)c2ccccc2N1. The van der Waals surface area contributed by atoms with E-state index in [0.29, 0.717) is 0 Å². The molecule has 3 heteroatoms. The molecule has 2 N–H and O–H groups in total. The zero-order valence-corrected chi connectivity index (χ0v) is 9.24. The first kappa shape index (κ1) is 9.46. The monoisotopic (exact) mass is 206 g/mol. The van der Waals surface area contributed by atoms with Crippen LogP contribution in [0.25, 0.3) is 0 Å². The van der Waals surface area contributed by atoms with Crippen LogP contribution in [0.1, 0.15) is 25.8 Å². The Kier molecular flexibility index (Phi) is 2.19. The first-order chi connectivity index (χ1) is 6.64. The molecule has 0 aromatic heterocycles. The third-order valence-electron chi connectivity index (χ3n) is 2.68. The molecule has 0 bridgehead atoms. The molecule has 0 radical (unpaired) electrons. The fourth-order valence-corrected chi connectivity index (χ4v) is 2.02. The molecular formula is C11H14N2S. The molecule has 1 aliphatic rings. The Hall–Kier alpha value is -1.09. The topological polar surface area (TPSA) is 24.1 Å². The Morgan fingerprint density at radius 3 is 2.71 bits per heavy atom. The van der Waals surface area contributed by atoms with Gasteiger partial charge in [-0.1, -0.05) is 31.3 Å². The largest absolute Gasteiger partial charge is 0.362 e. The average molecular weight is 206 g/mol. The Balaban J connectivity index is 2.43. The quantitative estimate of drug-likeness (QED) is 0.690. The second-order valence-corrected chi connectivity index (χ2v) is 4.22. The summed E-state index contributed by atoms with van der Waals surface area (Å²) in [6.45, 7) is 4.26. The van der Waals surface area contributed by atoms with Gasteiger partial charge in [0.2, 0.25) is 0 Å². The van der Waals surface area contributed by atoms with Crippen LogP contribution in [0, 0.1) is 0 Å². The van der Waals surface area contributed by atoms with Crippen LogP contribution in [-0.2, 0) is 0 Å². The number of para-hydroxylation sites is 1. The van der Waals surface area contributed by atoms with Gasteiger partial charge in [-0.15, -0.1) is 0 Å². The van der Waals surface area contributed by atoms with Gasteiger partial charge in [-0.05, 0) is 25.5 Å². The molecule has 1 aromatic rings. The minimum Gasteiger partial charge on any atom is -0.362 e. The van der Waals surface area contributed by atoms with Gasteiger partial charge in [-0.2, -0.15) is 0 Å². The second-order valence-electron chi connectivity index (χ2n) is 3.81. The highest BCUT2D eigenvalue weighted by molar-refractivity contribution is 7.80. The maximum absolute atomic E-state index is 5.32. The summed E-state index contributed by atoms with van der Waals surface area (Å²) >= 11 is 5.32. The molecule has 2 rings (SSSR count). The van der Waals surface area contributed by atoms with Crippen LogP contribution in [0.3, 0.4) is 0 Å². The van der Waals surface area contributed by atoms with Crippen molar-refractivity contribution in [3.05, 3.63) is 29.8 Å². The summed E-state index contributed by atoms with van der Waals surface area (Å²) in [6.07, 6.45) is 0.988. The lowest BCUT2D eigenvalue weighted by molar-refractivity contribution is 0.458. The highest BCUT2D eigenvalue weighted by Gasteiger charge is 2.28. The number of benzene rings is 1. The molecule has 74 valence electrons. The fourth-order valence-electron chi connectivity index (χ4n) is 1.61. The Morgan fingerprint density at radius 2 is 2.00 bits per heavy atom. The van der Waals surface area contributed by atoms with E-state index in [0.717, 1.165) is 22.7 Å². The van der Waals surface area contributed by atoms with Crippen molar-refractivity contribution in [2.45, 2.75) is 25.9 Å². The number of anilines is 1. The molecule has 0 amide bonds. The molecule has 1 aliphatic heterocycles. The lowest BCUT2D eigenvalue weighted by atomic mass is 10.0. The van der Waals surface area contributed by atoms with Gasteiger partial charge >= 0.3 is 0 Å². The van der Waals surface area contributed by atoms with Gasteiger partial charge in [0.05, 0.1) is 0 Å². The molecule has 1 aromatic carbocycles. The van der Waals surface area contributed by atoms with Gasteiger partial charge in [-0.25, -0.2) is 0 Å². The number of hydrogen-bond donors (Lipinski definition) is 2. The van der Waals surface area contributed by atoms with E-state index in [9.17, 15) is 0 Å². The standard InChI is InChI=1S/C11H14N2S/c1-3-11(2)12-9-7-5-4-6-8(9)10(14)13-11/h4-7,12H,3H2,1-2H3,(H,13,14). The Bertz CT molecular complexity index is 375. The van der Waals surface area contributed by atoms with Crippen LogP contribution < -0.4 is 10.6 Å². The first-order valence-electron chi connectivity index (χ1n) is 4.84. The van der Waals surface area contributed by atoms with E-state index >= 15 is 0 Å². The smallest absolute Gasteiger partial charge is 0.110 e. The number of hydrogen-bond acceptors (Lipinski definition) is 2. The third-order valence-corrected chi connectivity index (χ3v) is 3.00. The second kappa shape index (κ2) is 3.24. The molecule has 14 heavy (non-hydrogen) atoms. The summed E-state index contributed by atoms with van der Waals surface area (Å²) in [4.78, 5) is 0.837. The van der Waals surface area contributed by atoms with Crippen molar-refractivity contribution in [2.24, 2.45) is 0 Å². The summed E-state index contributed by atoms with van der Waals surface area (Å²) < 4.78 is 0. The molecule has 0 saturated heterocycles. The van der Waals surface area contributed by atoms with Crippen LogP contribution in [0.15, 0.2) is 24.3 Å². The summed E-state index contributed by atoms with van der Waals surface area (Å²) in [6, 6.07) is 8.13. The zero-order valence-electron chi connectivity index (χ0n) is 8.42. The van der Waals surface area contributed by atoms with Gasteiger partial charge in [-0.3, -0.25) is 0 Å². The molecule has 1 unspecified atom stereocenters. The van der Waals surface area contributed by atoms with Crippen molar-refractivity contribution in [3.8, 4) is 0 Å². The summed E-state index contributed by atoms with van der Waals surface area (Å²) in [5.41, 5.74) is 2.11. The molecular weight excluding hydrogens is 192 g/mol. The fraction of sp³-hybridized carbons (Fsp3) is 0.364. The molecule has 1 heterocycles. The molecule has 0 spiro atoms. The van der Waals surface area contributed by atoms with E-state index in [1.807, 2.05) is 18.2 Å².